The van der Waals surface area contributed by atoms with Crippen LogP contribution in [-0.2, 0) is 6.54 Å². The molecule has 0 saturated carbocycles. The van der Waals surface area contributed by atoms with E-state index >= 15 is 0 Å². The van der Waals surface area contributed by atoms with Crippen LogP contribution < -0.4 is 10.9 Å². The zero-order chi connectivity index (χ0) is 18.0. The van der Waals surface area contributed by atoms with Gasteiger partial charge in [0.1, 0.15) is 16.5 Å². The van der Waals surface area contributed by atoms with Crippen LogP contribution in [0.25, 0.3) is 5.69 Å². The van der Waals surface area contributed by atoms with Crippen LogP contribution in [0.3, 0.4) is 0 Å². The lowest BCUT2D eigenvalue weighted by Crippen LogP contribution is -2.24. The van der Waals surface area contributed by atoms with Gasteiger partial charge in [0.2, 0.25) is 0 Å². The maximum atomic E-state index is 13.8. The average Bonchev–Trinajstić information content (AvgIpc) is 2.98. The highest BCUT2D eigenvalue weighted by molar-refractivity contribution is 6.32. The topological polar surface area (TPSA) is 64.7 Å². The van der Waals surface area contributed by atoms with Crippen LogP contribution in [0.2, 0.25) is 5.02 Å². The molecule has 0 saturated heterocycles. The van der Waals surface area contributed by atoms with E-state index in [0.29, 0.717) is 24.8 Å². The lowest BCUT2D eigenvalue weighted by atomic mass is 10.3. The molecule has 1 N–H and O–H groups in total. The van der Waals surface area contributed by atoms with E-state index in [9.17, 15) is 13.6 Å². The molecule has 0 amide bonds. The van der Waals surface area contributed by atoms with Crippen LogP contribution in [0.15, 0.2) is 41.6 Å². The van der Waals surface area contributed by atoms with E-state index in [0.717, 1.165) is 22.4 Å². The molecule has 2 heterocycles. The van der Waals surface area contributed by atoms with Gasteiger partial charge in [-0.25, -0.2) is 8.78 Å². The van der Waals surface area contributed by atoms with Crippen molar-refractivity contribution in [2.45, 2.75) is 13.5 Å². The van der Waals surface area contributed by atoms with Crippen molar-refractivity contribution in [2.75, 3.05) is 11.9 Å². The van der Waals surface area contributed by atoms with Crippen molar-refractivity contribution < 1.29 is 8.78 Å². The van der Waals surface area contributed by atoms with Gasteiger partial charge in [-0.05, 0) is 24.6 Å². The fourth-order valence-electron chi connectivity index (χ4n) is 2.28. The van der Waals surface area contributed by atoms with Crippen molar-refractivity contribution in [2.24, 2.45) is 0 Å². The third kappa shape index (κ3) is 3.69. The van der Waals surface area contributed by atoms with Crippen LogP contribution in [0.4, 0.5) is 14.5 Å². The van der Waals surface area contributed by atoms with E-state index in [4.69, 9.17) is 11.6 Å². The number of rotatable bonds is 5. The number of benzene rings is 1. The van der Waals surface area contributed by atoms with Gasteiger partial charge in [0.25, 0.3) is 5.56 Å². The third-order valence-corrected chi connectivity index (χ3v) is 3.84. The summed E-state index contributed by atoms with van der Waals surface area (Å²) < 4.78 is 29.4. The number of halogens is 3. The van der Waals surface area contributed by atoms with Gasteiger partial charge in [0.05, 0.1) is 24.6 Å². The van der Waals surface area contributed by atoms with Crippen molar-refractivity contribution in [3.05, 3.63) is 69.4 Å². The molecule has 9 heteroatoms. The van der Waals surface area contributed by atoms with Crippen molar-refractivity contribution >= 4 is 17.3 Å². The maximum absolute atomic E-state index is 13.8. The SMILES string of the molecule is Cc1cnn(CCNc2cnn(-c3ccc(F)cc3F)c(=O)c2Cl)c1. The number of nitrogens with zero attached hydrogens (tertiary/aromatic N) is 4. The Balaban J connectivity index is 1.79. The molecule has 3 aromatic rings. The summed E-state index contributed by atoms with van der Waals surface area (Å²) in [6.07, 6.45) is 4.95. The van der Waals surface area contributed by atoms with E-state index in [1.807, 2.05) is 13.1 Å². The molecule has 0 atom stereocenters. The third-order valence-electron chi connectivity index (χ3n) is 3.48. The average molecular weight is 366 g/mol. The minimum Gasteiger partial charge on any atom is -0.381 e. The summed E-state index contributed by atoms with van der Waals surface area (Å²) in [6.45, 7) is 2.97. The Kier molecular flexibility index (Phi) is 4.80. The highest BCUT2D eigenvalue weighted by atomic mass is 35.5. The first-order valence-corrected chi connectivity index (χ1v) is 7.79. The number of hydrogen-bond donors (Lipinski definition) is 1. The molecule has 0 aliphatic rings. The second-order valence-electron chi connectivity index (χ2n) is 5.39. The van der Waals surface area contributed by atoms with E-state index in [1.54, 1.807) is 10.9 Å². The Morgan fingerprint density at radius 1 is 1.24 bits per heavy atom. The first-order chi connectivity index (χ1) is 12.0. The van der Waals surface area contributed by atoms with Crippen LogP contribution >= 0.6 is 11.6 Å². The number of hydrogen-bond acceptors (Lipinski definition) is 4. The summed E-state index contributed by atoms with van der Waals surface area (Å²) in [5.74, 6) is -1.65. The fraction of sp³-hybridized carbons (Fsp3) is 0.188. The Morgan fingerprint density at radius 3 is 2.72 bits per heavy atom. The van der Waals surface area contributed by atoms with Gasteiger partial charge < -0.3 is 5.32 Å². The van der Waals surface area contributed by atoms with Crippen LogP contribution in [0.5, 0.6) is 0 Å². The lowest BCUT2D eigenvalue weighted by Gasteiger charge is -2.11. The second kappa shape index (κ2) is 7.02. The van der Waals surface area contributed by atoms with Crippen LogP contribution in [0.1, 0.15) is 5.56 Å². The fourth-order valence-corrected chi connectivity index (χ4v) is 2.47. The summed E-state index contributed by atoms with van der Waals surface area (Å²) in [5, 5.41) is 10.9. The Hall–Kier alpha value is -2.74. The van der Waals surface area contributed by atoms with Gasteiger partial charge in [0, 0.05) is 18.8 Å². The molecule has 3 rings (SSSR count). The number of nitrogens with one attached hydrogen (secondary N) is 1. The van der Waals surface area contributed by atoms with E-state index in [2.05, 4.69) is 15.5 Å². The Bertz CT molecular complexity index is 969. The van der Waals surface area contributed by atoms with Crippen molar-refractivity contribution in [3.8, 4) is 5.69 Å². The van der Waals surface area contributed by atoms with E-state index in [-0.39, 0.29) is 10.7 Å². The van der Waals surface area contributed by atoms with Gasteiger partial charge in [0.15, 0.2) is 5.82 Å². The molecule has 130 valence electrons. The first kappa shape index (κ1) is 17.1. The molecule has 0 radical (unpaired) electrons. The van der Waals surface area contributed by atoms with Gasteiger partial charge in [-0.3, -0.25) is 9.48 Å². The molecule has 0 bridgehead atoms. The highest BCUT2D eigenvalue weighted by Crippen LogP contribution is 2.18. The first-order valence-electron chi connectivity index (χ1n) is 7.42. The molecule has 0 fully saturated rings. The molecule has 0 unspecified atom stereocenters. The zero-order valence-corrected chi connectivity index (χ0v) is 14.0. The quantitative estimate of drug-likeness (QED) is 0.755. The second-order valence-corrected chi connectivity index (χ2v) is 5.77. The summed E-state index contributed by atoms with van der Waals surface area (Å²) in [5.41, 5.74) is 0.497. The van der Waals surface area contributed by atoms with Crippen molar-refractivity contribution in [1.29, 1.82) is 0 Å². The van der Waals surface area contributed by atoms with Crippen molar-refractivity contribution in [1.82, 2.24) is 19.6 Å². The predicted octanol–water partition coefficient (Wildman–Crippen LogP) is 2.78. The largest absolute Gasteiger partial charge is 0.381 e. The molecule has 0 aliphatic heterocycles. The molecule has 0 aliphatic carbocycles. The molecule has 1 aromatic carbocycles. The maximum Gasteiger partial charge on any atom is 0.292 e. The minimum absolute atomic E-state index is 0.129. The summed E-state index contributed by atoms with van der Waals surface area (Å²) in [4.78, 5) is 12.3. The predicted molar refractivity (Wildman–Crippen MR) is 90.2 cm³/mol. The summed E-state index contributed by atoms with van der Waals surface area (Å²) in [7, 11) is 0. The molecule has 25 heavy (non-hydrogen) atoms. The van der Waals surface area contributed by atoms with E-state index < -0.39 is 17.2 Å². The van der Waals surface area contributed by atoms with Crippen LogP contribution in [0, 0.1) is 18.6 Å². The Labute approximate surface area is 146 Å². The smallest absolute Gasteiger partial charge is 0.292 e. The van der Waals surface area contributed by atoms with Gasteiger partial charge in [-0.2, -0.15) is 14.9 Å². The Morgan fingerprint density at radius 2 is 2.04 bits per heavy atom. The molecule has 0 spiro atoms. The van der Waals surface area contributed by atoms with Gasteiger partial charge >= 0.3 is 0 Å². The summed E-state index contributed by atoms with van der Waals surface area (Å²) >= 11 is 6.06. The van der Waals surface area contributed by atoms with Crippen LogP contribution in [-0.4, -0.2) is 26.1 Å². The molecular weight excluding hydrogens is 352 g/mol. The normalized spacial score (nSPS) is 10.9. The number of anilines is 1. The number of aryl methyl sites for hydroxylation is 1. The van der Waals surface area contributed by atoms with E-state index in [1.165, 1.54) is 6.20 Å². The molecule has 6 nitrogen and oxygen atoms in total. The standard InChI is InChI=1S/C16H14ClF2N5O/c1-10-7-21-23(9-10)5-4-20-13-8-22-24(16(25)15(13)17)14-3-2-11(18)6-12(14)19/h2-3,6-9,20H,4-5H2,1H3. The summed E-state index contributed by atoms with van der Waals surface area (Å²) in [6, 6.07) is 2.84. The monoisotopic (exact) mass is 365 g/mol. The molecule has 2 aromatic heterocycles. The van der Waals surface area contributed by atoms with Gasteiger partial charge in [-0.1, -0.05) is 11.6 Å². The number of aromatic nitrogens is 4. The lowest BCUT2D eigenvalue weighted by molar-refractivity contribution is 0.570. The zero-order valence-electron chi connectivity index (χ0n) is 13.2. The van der Waals surface area contributed by atoms with Crippen molar-refractivity contribution in [3.63, 3.8) is 0 Å². The molecular formula is C16H14ClF2N5O. The van der Waals surface area contributed by atoms with Gasteiger partial charge in [-0.15, -0.1) is 0 Å². The highest BCUT2D eigenvalue weighted by Gasteiger charge is 2.14. The minimum atomic E-state index is -0.902.